The minimum Gasteiger partial charge on any atom is -0.435 e. The SMILES string of the molecule is CCn1nccc1CN(C)C(=O)/C=C\c1ccc(OC(F)F)cc1. The Hall–Kier alpha value is -2.70. The predicted molar refractivity (Wildman–Crippen MR) is 86.5 cm³/mol. The molecule has 0 aliphatic heterocycles. The fourth-order valence-electron chi connectivity index (χ4n) is 2.16. The third-order valence-electron chi connectivity index (χ3n) is 3.40. The Kier molecular flexibility index (Phi) is 6.06. The number of amides is 1. The third kappa shape index (κ3) is 4.91. The van der Waals surface area contributed by atoms with Gasteiger partial charge in [0, 0.05) is 25.9 Å². The van der Waals surface area contributed by atoms with Crippen molar-refractivity contribution in [1.29, 1.82) is 0 Å². The van der Waals surface area contributed by atoms with E-state index >= 15 is 0 Å². The number of hydrogen-bond donors (Lipinski definition) is 0. The third-order valence-corrected chi connectivity index (χ3v) is 3.40. The molecule has 0 atom stereocenters. The zero-order valence-corrected chi connectivity index (χ0v) is 13.5. The van der Waals surface area contributed by atoms with Crippen LogP contribution in [0.4, 0.5) is 8.78 Å². The van der Waals surface area contributed by atoms with Crippen LogP contribution < -0.4 is 4.74 Å². The van der Waals surface area contributed by atoms with Crippen LogP contribution in [-0.4, -0.2) is 34.2 Å². The number of carbonyl (C=O) groups excluding carboxylic acids is 1. The summed E-state index contributed by atoms with van der Waals surface area (Å²) in [5.41, 5.74) is 1.67. The fourth-order valence-corrected chi connectivity index (χ4v) is 2.16. The number of benzene rings is 1. The molecule has 24 heavy (non-hydrogen) atoms. The lowest BCUT2D eigenvalue weighted by atomic mass is 10.2. The van der Waals surface area contributed by atoms with Crippen LogP contribution in [0.15, 0.2) is 42.6 Å². The highest BCUT2D eigenvalue weighted by molar-refractivity contribution is 5.91. The van der Waals surface area contributed by atoms with Crippen LogP contribution in [0.2, 0.25) is 0 Å². The van der Waals surface area contributed by atoms with Crippen molar-refractivity contribution in [3.8, 4) is 5.75 Å². The number of aryl methyl sites for hydroxylation is 1. The first-order valence-electron chi connectivity index (χ1n) is 7.48. The number of ether oxygens (including phenoxy) is 1. The number of halogens is 2. The summed E-state index contributed by atoms with van der Waals surface area (Å²) in [5.74, 6) is -0.0785. The Morgan fingerprint density at radius 1 is 1.33 bits per heavy atom. The second kappa shape index (κ2) is 8.24. The molecule has 128 valence electrons. The molecular formula is C17H19F2N3O2. The molecule has 0 saturated heterocycles. The molecule has 0 spiro atoms. The zero-order chi connectivity index (χ0) is 17.5. The van der Waals surface area contributed by atoms with Gasteiger partial charge in [-0.15, -0.1) is 0 Å². The van der Waals surface area contributed by atoms with Gasteiger partial charge in [0.2, 0.25) is 5.91 Å². The minimum absolute atomic E-state index is 0.0819. The van der Waals surface area contributed by atoms with Crippen LogP contribution in [0.3, 0.4) is 0 Å². The Labute approximate surface area is 139 Å². The van der Waals surface area contributed by atoms with E-state index in [1.165, 1.54) is 18.2 Å². The predicted octanol–water partition coefficient (Wildman–Crippen LogP) is 3.18. The number of carbonyl (C=O) groups is 1. The topological polar surface area (TPSA) is 47.4 Å². The van der Waals surface area contributed by atoms with Crippen molar-refractivity contribution in [3.05, 3.63) is 53.9 Å². The molecule has 0 radical (unpaired) electrons. The van der Waals surface area contributed by atoms with Gasteiger partial charge in [-0.1, -0.05) is 12.1 Å². The van der Waals surface area contributed by atoms with Gasteiger partial charge in [-0.3, -0.25) is 9.48 Å². The van der Waals surface area contributed by atoms with Gasteiger partial charge in [0.25, 0.3) is 0 Å². The maximum Gasteiger partial charge on any atom is 0.387 e. The van der Waals surface area contributed by atoms with E-state index in [9.17, 15) is 13.6 Å². The fraction of sp³-hybridized carbons (Fsp3) is 0.294. The van der Waals surface area contributed by atoms with E-state index in [0.29, 0.717) is 6.54 Å². The van der Waals surface area contributed by atoms with E-state index < -0.39 is 6.61 Å². The van der Waals surface area contributed by atoms with Crippen LogP contribution in [0.5, 0.6) is 5.75 Å². The number of alkyl halides is 2. The highest BCUT2D eigenvalue weighted by Crippen LogP contribution is 2.15. The van der Waals surface area contributed by atoms with E-state index in [2.05, 4.69) is 9.84 Å². The van der Waals surface area contributed by atoms with Crippen LogP contribution >= 0.6 is 0 Å². The van der Waals surface area contributed by atoms with Crippen molar-refractivity contribution in [2.75, 3.05) is 7.05 Å². The number of rotatable bonds is 7. The first kappa shape index (κ1) is 17.7. The molecule has 2 aromatic rings. The molecule has 0 N–H and O–H groups in total. The maximum absolute atomic E-state index is 12.1. The van der Waals surface area contributed by atoms with E-state index in [1.807, 2.05) is 17.7 Å². The monoisotopic (exact) mass is 335 g/mol. The number of likely N-dealkylation sites (N-methyl/N-ethyl adjacent to an activating group) is 1. The first-order valence-corrected chi connectivity index (χ1v) is 7.48. The summed E-state index contributed by atoms with van der Waals surface area (Å²) >= 11 is 0. The molecule has 5 nitrogen and oxygen atoms in total. The standard InChI is InChI=1S/C17H19F2N3O2/c1-3-22-14(10-11-20-22)12-21(2)16(23)9-6-13-4-7-15(8-5-13)24-17(18)19/h4-11,17H,3,12H2,1-2H3/b9-6-. The Bertz CT molecular complexity index is 696. The Balaban J connectivity index is 1.94. The number of hydrogen-bond acceptors (Lipinski definition) is 3. The van der Waals surface area contributed by atoms with Crippen molar-refractivity contribution >= 4 is 12.0 Å². The maximum atomic E-state index is 12.1. The molecule has 0 saturated carbocycles. The van der Waals surface area contributed by atoms with E-state index in [1.54, 1.807) is 36.4 Å². The van der Waals surface area contributed by atoms with E-state index in [-0.39, 0.29) is 11.7 Å². The summed E-state index contributed by atoms with van der Waals surface area (Å²) < 4.78 is 30.3. The van der Waals surface area contributed by atoms with Gasteiger partial charge in [-0.05, 0) is 36.8 Å². The van der Waals surface area contributed by atoms with Crippen LogP contribution in [-0.2, 0) is 17.9 Å². The molecule has 7 heteroatoms. The number of aromatic nitrogens is 2. The molecule has 0 aliphatic rings. The molecule has 1 amide bonds. The van der Waals surface area contributed by atoms with Crippen molar-refractivity contribution in [2.45, 2.75) is 26.6 Å². The molecular weight excluding hydrogens is 316 g/mol. The lowest BCUT2D eigenvalue weighted by molar-refractivity contribution is -0.125. The second-order valence-corrected chi connectivity index (χ2v) is 5.11. The summed E-state index contributed by atoms with van der Waals surface area (Å²) in [6.07, 6.45) is 4.77. The summed E-state index contributed by atoms with van der Waals surface area (Å²) in [5, 5.41) is 4.16. The van der Waals surface area contributed by atoms with Crippen molar-refractivity contribution in [1.82, 2.24) is 14.7 Å². The first-order chi connectivity index (χ1) is 11.5. The summed E-state index contributed by atoms with van der Waals surface area (Å²) in [6, 6.07) is 7.94. The zero-order valence-electron chi connectivity index (χ0n) is 13.5. The highest BCUT2D eigenvalue weighted by atomic mass is 19.3. The van der Waals surface area contributed by atoms with Gasteiger partial charge in [0.1, 0.15) is 5.75 Å². The molecule has 1 aromatic carbocycles. The highest BCUT2D eigenvalue weighted by Gasteiger charge is 2.09. The quantitative estimate of drug-likeness (QED) is 0.730. The van der Waals surface area contributed by atoms with Gasteiger partial charge < -0.3 is 9.64 Å². The Morgan fingerprint density at radius 2 is 2.04 bits per heavy atom. The molecule has 2 rings (SSSR count). The van der Waals surface area contributed by atoms with Crippen molar-refractivity contribution in [2.24, 2.45) is 0 Å². The summed E-state index contributed by atoms with van der Waals surface area (Å²) in [6.45, 7) is 0.337. The molecule has 0 bridgehead atoms. The molecule has 0 aliphatic carbocycles. The van der Waals surface area contributed by atoms with E-state index in [0.717, 1.165) is 17.8 Å². The van der Waals surface area contributed by atoms with Gasteiger partial charge in [-0.25, -0.2) is 0 Å². The molecule has 0 unspecified atom stereocenters. The van der Waals surface area contributed by atoms with Crippen LogP contribution in [0, 0.1) is 0 Å². The average Bonchev–Trinajstić information content (AvgIpc) is 3.00. The van der Waals surface area contributed by atoms with Crippen molar-refractivity contribution in [3.63, 3.8) is 0 Å². The molecule has 1 heterocycles. The van der Waals surface area contributed by atoms with Crippen LogP contribution in [0.1, 0.15) is 18.2 Å². The molecule has 1 aromatic heterocycles. The van der Waals surface area contributed by atoms with E-state index in [4.69, 9.17) is 0 Å². The average molecular weight is 335 g/mol. The largest absolute Gasteiger partial charge is 0.435 e. The lowest BCUT2D eigenvalue weighted by Crippen LogP contribution is -2.25. The van der Waals surface area contributed by atoms with Gasteiger partial charge >= 0.3 is 6.61 Å². The minimum atomic E-state index is -2.85. The van der Waals surface area contributed by atoms with Crippen molar-refractivity contribution < 1.29 is 18.3 Å². The normalized spacial score (nSPS) is 11.2. The van der Waals surface area contributed by atoms with Gasteiger partial charge in [0.05, 0.1) is 12.2 Å². The summed E-state index contributed by atoms with van der Waals surface area (Å²) in [7, 11) is 1.71. The smallest absolute Gasteiger partial charge is 0.387 e. The van der Waals surface area contributed by atoms with Crippen LogP contribution in [0.25, 0.3) is 6.08 Å². The Morgan fingerprint density at radius 3 is 2.67 bits per heavy atom. The number of nitrogens with zero attached hydrogens (tertiary/aromatic N) is 3. The van der Waals surface area contributed by atoms with Gasteiger partial charge in [-0.2, -0.15) is 13.9 Å². The van der Waals surface area contributed by atoms with Gasteiger partial charge in [0.15, 0.2) is 0 Å². The summed E-state index contributed by atoms with van der Waals surface area (Å²) in [4.78, 5) is 13.7. The molecule has 0 fully saturated rings. The lowest BCUT2D eigenvalue weighted by Gasteiger charge is -2.15. The second-order valence-electron chi connectivity index (χ2n) is 5.11.